The van der Waals surface area contributed by atoms with Crippen LogP contribution in [0.5, 0.6) is 0 Å². The van der Waals surface area contributed by atoms with Gasteiger partial charge in [0.25, 0.3) is 0 Å². The second-order valence-corrected chi connectivity index (χ2v) is 5.93. The van der Waals surface area contributed by atoms with Gasteiger partial charge in [-0.05, 0) is 31.9 Å². The van der Waals surface area contributed by atoms with Gasteiger partial charge in [0.15, 0.2) is 0 Å². The van der Waals surface area contributed by atoms with Crippen molar-refractivity contribution in [2.45, 2.75) is 59.5 Å². The van der Waals surface area contributed by atoms with E-state index >= 15 is 0 Å². The first-order valence-electron chi connectivity index (χ1n) is 8.39. The fourth-order valence-corrected chi connectivity index (χ4v) is 2.89. The highest BCUT2D eigenvalue weighted by molar-refractivity contribution is 5.82. The Morgan fingerprint density at radius 1 is 1.19 bits per heavy atom. The van der Waals surface area contributed by atoms with E-state index in [9.17, 15) is 0 Å². The molecule has 0 radical (unpaired) electrons. The molecule has 0 bridgehead atoms. The molecule has 0 aliphatic rings. The lowest BCUT2D eigenvalue weighted by molar-refractivity contribution is 0.362. The molecule has 0 fully saturated rings. The van der Waals surface area contributed by atoms with Crippen LogP contribution in [0, 0.1) is 5.92 Å². The second kappa shape index (κ2) is 7.60. The second-order valence-electron chi connectivity index (χ2n) is 5.93. The summed E-state index contributed by atoms with van der Waals surface area (Å²) in [5, 5.41) is 9.87. The van der Waals surface area contributed by atoms with Crippen LogP contribution in [0.15, 0.2) is 24.3 Å². The molecule has 0 saturated heterocycles. The zero-order valence-electron chi connectivity index (χ0n) is 13.9. The average Bonchev–Trinajstić information content (AvgIpc) is 2.88. The zero-order chi connectivity index (χ0) is 15.2. The highest BCUT2D eigenvalue weighted by Crippen LogP contribution is 2.22. The Labute approximate surface area is 128 Å². The van der Waals surface area contributed by atoms with E-state index in [1.807, 2.05) is 0 Å². The average molecular weight is 287 g/mol. The third-order valence-corrected chi connectivity index (χ3v) is 4.43. The lowest BCUT2D eigenvalue weighted by Crippen LogP contribution is -2.37. The van der Waals surface area contributed by atoms with Crippen LogP contribution in [0.1, 0.15) is 46.2 Å². The van der Waals surface area contributed by atoms with Gasteiger partial charge in [0, 0.05) is 24.4 Å². The summed E-state index contributed by atoms with van der Waals surface area (Å²) in [6, 6.07) is 9.11. The maximum Gasteiger partial charge on any atom is 0.0718 e. The zero-order valence-corrected chi connectivity index (χ0v) is 13.9. The van der Waals surface area contributed by atoms with Crippen LogP contribution >= 0.6 is 0 Å². The minimum absolute atomic E-state index is 0.513. The van der Waals surface area contributed by atoms with Gasteiger partial charge in [-0.1, -0.05) is 45.4 Å². The van der Waals surface area contributed by atoms with Crippen LogP contribution in [0.25, 0.3) is 10.9 Å². The van der Waals surface area contributed by atoms with Gasteiger partial charge in [-0.3, -0.25) is 4.68 Å². The highest BCUT2D eigenvalue weighted by atomic mass is 15.3. The molecule has 2 rings (SSSR count). The Balaban J connectivity index is 2.27. The smallest absolute Gasteiger partial charge is 0.0718 e. The summed E-state index contributed by atoms with van der Waals surface area (Å²) < 4.78 is 2.12. The summed E-state index contributed by atoms with van der Waals surface area (Å²) in [5.74, 6) is 0.669. The van der Waals surface area contributed by atoms with Gasteiger partial charge in [-0.25, -0.2) is 0 Å². The number of nitrogens with zero attached hydrogens (tertiary/aromatic N) is 2. The lowest BCUT2D eigenvalue weighted by atomic mass is 9.94. The molecule has 2 aromatic rings. The van der Waals surface area contributed by atoms with Crippen molar-refractivity contribution in [2.75, 3.05) is 6.54 Å². The van der Waals surface area contributed by atoms with Crippen molar-refractivity contribution in [3.63, 3.8) is 0 Å². The van der Waals surface area contributed by atoms with E-state index in [4.69, 9.17) is 5.10 Å². The number of para-hydroxylation sites is 1. The first kappa shape index (κ1) is 16.0. The van der Waals surface area contributed by atoms with Crippen molar-refractivity contribution in [1.82, 2.24) is 15.1 Å². The van der Waals surface area contributed by atoms with Crippen LogP contribution in [0.4, 0.5) is 0 Å². The molecule has 0 amide bonds. The third-order valence-electron chi connectivity index (χ3n) is 4.43. The molecule has 3 nitrogen and oxygen atoms in total. The number of fused-ring (bicyclic) bond motifs is 1. The van der Waals surface area contributed by atoms with Crippen LogP contribution in [-0.4, -0.2) is 22.4 Å². The molecular formula is C18H29N3. The maximum atomic E-state index is 4.85. The standard InChI is InChI=1S/C18H29N3/c1-5-12-19-16(14(4)6-2)13-17-15-10-8-9-11-18(15)21(7-3)20-17/h8-11,14,16,19H,5-7,12-13H2,1-4H3. The van der Waals surface area contributed by atoms with Gasteiger partial charge in [-0.2, -0.15) is 5.10 Å². The molecular weight excluding hydrogens is 258 g/mol. The Hall–Kier alpha value is -1.35. The van der Waals surface area contributed by atoms with Gasteiger partial charge in [0.05, 0.1) is 11.2 Å². The van der Waals surface area contributed by atoms with Crippen LogP contribution in [0.2, 0.25) is 0 Å². The number of hydrogen-bond donors (Lipinski definition) is 1. The molecule has 2 atom stereocenters. The molecule has 116 valence electrons. The molecule has 0 saturated carbocycles. The summed E-state index contributed by atoms with van der Waals surface area (Å²) in [7, 11) is 0. The summed E-state index contributed by atoms with van der Waals surface area (Å²) >= 11 is 0. The Kier molecular flexibility index (Phi) is 5.80. The number of aromatic nitrogens is 2. The van der Waals surface area contributed by atoms with E-state index in [0.29, 0.717) is 12.0 Å². The van der Waals surface area contributed by atoms with Gasteiger partial charge >= 0.3 is 0 Å². The minimum atomic E-state index is 0.513. The molecule has 0 spiro atoms. The maximum absolute atomic E-state index is 4.85. The molecule has 0 aliphatic heterocycles. The van der Waals surface area contributed by atoms with Crippen LogP contribution in [0.3, 0.4) is 0 Å². The van der Waals surface area contributed by atoms with Crippen LogP contribution in [-0.2, 0) is 13.0 Å². The van der Waals surface area contributed by atoms with Crippen molar-refractivity contribution in [2.24, 2.45) is 5.92 Å². The van der Waals surface area contributed by atoms with Crippen molar-refractivity contribution < 1.29 is 0 Å². The number of hydrogen-bond acceptors (Lipinski definition) is 2. The Morgan fingerprint density at radius 2 is 1.95 bits per heavy atom. The highest BCUT2D eigenvalue weighted by Gasteiger charge is 2.19. The number of benzene rings is 1. The van der Waals surface area contributed by atoms with Crippen molar-refractivity contribution in [3.05, 3.63) is 30.0 Å². The van der Waals surface area contributed by atoms with Gasteiger partial charge in [0.2, 0.25) is 0 Å². The van der Waals surface area contributed by atoms with Gasteiger partial charge in [0.1, 0.15) is 0 Å². The third kappa shape index (κ3) is 3.65. The predicted octanol–water partition coefficient (Wildman–Crippen LogP) is 4.01. The minimum Gasteiger partial charge on any atom is -0.313 e. The molecule has 1 aromatic heterocycles. The normalized spacial score (nSPS) is 14.5. The number of aryl methyl sites for hydroxylation is 1. The van der Waals surface area contributed by atoms with E-state index in [-0.39, 0.29) is 0 Å². The molecule has 2 unspecified atom stereocenters. The fourth-order valence-electron chi connectivity index (χ4n) is 2.89. The van der Waals surface area contributed by atoms with E-state index in [0.717, 1.165) is 19.5 Å². The predicted molar refractivity (Wildman–Crippen MR) is 90.6 cm³/mol. The van der Waals surface area contributed by atoms with E-state index in [2.05, 4.69) is 62.0 Å². The summed E-state index contributed by atoms with van der Waals surface area (Å²) in [5.41, 5.74) is 2.50. The topological polar surface area (TPSA) is 29.9 Å². The van der Waals surface area contributed by atoms with E-state index < -0.39 is 0 Å². The summed E-state index contributed by atoms with van der Waals surface area (Å²) in [6.07, 6.45) is 3.40. The largest absolute Gasteiger partial charge is 0.313 e. The first-order chi connectivity index (χ1) is 10.2. The molecule has 1 N–H and O–H groups in total. The molecule has 0 aliphatic carbocycles. The van der Waals surface area contributed by atoms with E-state index in [1.165, 1.54) is 29.4 Å². The molecule has 1 heterocycles. The van der Waals surface area contributed by atoms with Gasteiger partial charge in [-0.15, -0.1) is 0 Å². The fraction of sp³-hybridized carbons (Fsp3) is 0.611. The van der Waals surface area contributed by atoms with Crippen molar-refractivity contribution in [3.8, 4) is 0 Å². The van der Waals surface area contributed by atoms with Crippen molar-refractivity contribution in [1.29, 1.82) is 0 Å². The summed E-state index contributed by atoms with van der Waals surface area (Å²) in [4.78, 5) is 0. The lowest BCUT2D eigenvalue weighted by Gasteiger charge is -2.23. The first-order valence-corrected chi connectivity index (χ1v) is 8.39. The summed E-state index contributed by atoms with van der Waals surface area (Å²) in [6.45, 7) is 11.0. The SMILES string of the molecule is CCCNC(Cc1nn(CC)c2ccccc12)C(C)CC. The Morgan fingerprint density at radius 3 is 2.62 bits per heavy atom. The Bertz CT molecular complexity index is 559. The number of nitrogens with one attached hydrogen (secondary N) is 1. The molecule has 1 aromatic carbocycles. The molecule has 21 heavy (non-hydrogen) atoms. The number of rotatable bonds is 8. The van der Waals surface area contributed by atoms with Gasteiger partial charge < -0.3 is 5.32 Å². The van der Waals surface area contributed by atoms with Crippen molar-refractivity contribution >= 4 is 10.9 Å². The molecule has 3 heteroatoms. The quantitative estimate of drug-likeness (QED) is 0.795. The monoisotopic (exact) mass is 287 g/mol. The van der Waals surface area contributed by atoms with E-state index in [1.54, 1.807) is 0 Å². The van der Waals surface area contributed by atoms with Crippen LogP contribution < -0.4 is 5.32 Å².